The molecule has 146 valence electrons. The van der Waals surface area contributed by atoms with Gasteiger partial charge in [-0.3, -0.25) is 9.59 Å². The fraction of sp³-hybridized carbons (Fsp3) is 0.429. The highest BCUT2D eigenvalue weighted by Gasteiger charge is 2.34. The number of amides is 2. The van der Waals surface area contributed by atoms with Gasteiger partial charge in [0.15, 0.2) is 5.82 Å². The summed E-state index contributed by atoms with van der Waals surface area (Å²) in [5, 5.41) is 11.8. The number of nitrogens with zero attached hydrogens (tertiary/aromatic N) is 4. The molecule has 2 aliphatic rings. The SMILES string of the molecule is C=CC(=O)N1CC(C(=O)Nc2cc(-c3nnc4n3CCCCC4)ccc2C)C1. The number of carbonyl (C=O) groups excluding carboxylic acids is 2. The molecule has 0 aliphatic carbocycles. The monoisotopic (exact) mass is 379 g/mol. The van der Waals surface area contributed by atoms with E-state index < -0.39 is 0 Å². The normalized spacial score (nSPS) is 16.7. The number of hydrogen-bond acceptors (Lipinski definition) is 4. The topological polar surface area (TPSA) is 80.1 Å². The Hall–Kier alpha value is -2.96. The molecule has 1 saturated heterocycles. The average Bonchev–Trinajstić information content (AvgIpc) is 2.90. The van der Waals surface area contributed by atoms with Crippen LogP contribution in [0.5, 0.6) is 0 Å². The number of fused-ring (bicyclic) bond motifs is 1. The van der Waals surface area contributed by atoms with Gasteiger partial charge in [-0.05, 0) is 37.5 Å². The molecule has 0 unspecified atom stereocenters. The van der Waals surface area contributed by atoms with Crippen molar-refractivity contribution in [2.45, 2.75) is 39.2 Å². The predicted molar refractivity (Wildman–Crippen MR) is 107 cm³/mol. The van der Waals surface area contributed by atoms with Crippen molar-refractivity contribution in [3.63, 3.8) is 0 Å². The van der Waals surface area contributed by atoms with Crippen LogP contribution in [0.1, 0.15) is 30.7 Å². The fourth-order valence-electron chi connectivity index (χ4n) is 3.78. The van der Waals surface area contributed by atoms with E-state index in [2.05, 4.69) is 26.7 Å². The highest BCUT2D eigenvalue weighted by molar-refractivity contribution is 5.96. The minimum Gasteiger partial charge on any atom is -0.337 e. The number of anilines is 1. The summed E-state index contributed by atoms with van der Waals surface area (Å²) in [6.07, 6.45) is 5.74. The summed E-state index contributed by atoms with van der Waals surface area (Å²) in [7, 11) is 0. The molecule has 1 N–H and O–H groups in total. The van der Waals surface area contributed by atoms with Gasteiger partial charge in [-0.15, -0.1) is 10.2 Å². The molecule has 0 spiro atoms. The molecule has 0 bridgehead atoms. The quantitative estimate of drug-likeness (QED) is 0.828. The largest absolute Gasteiger partial charge is 0.337 e. The molecule has 0 radical (unpaired) electrons. The van der Waals surface area contributed by atoms with Gasteiger partial charge in [0.25, 0.3) is 0 Å². The van der Waals surface area contributed by atoms with Crippen molar-refractivity contribution >= 4 is 17.5 Å². The van der Waals surface area contributed by atoms with Gasteiger partial charge in [0.05, 0.1) is 5.92 Å². The van der Waals surface area contributed by atoms with Gasteiger partial charge in [0.2, 0.25) is 11.8 Å². The molecule has 2 aromatic rings. The number of carbonyl (C=O) groups is 2. The predicted octanol–water partition coefficient (Wildman–Crippen LogP) is 2.56. The van der Waals surface area contributed by atoms with Crippen LogP contribution in [0.3, 0.4) is 0 Å². The first-order chi connectivity index (χ1) is 13.6. The summed E-state index contributed by atoms with van der Waals surface area (Å²) in [6, 6.07) is 6.00. The molecular formula is C21H25N5O2. The van der Waals surface area contributed by atoms with E-state index in [1.54, 1.807) is 4.90 Å². The minimum absolute atomic E-state index is 0.0616. The van der Waals surface area contributed by atoms with Gasteiger partial charge in [0.1, 0.15) is 5.82 Å². The Kier molecular flexibility index (Phi) is 4.98. The number of hydrogen-bond donors (Lipinski definition) is 1. The Morgan fingerprint density at radius 1 is 1.21 bits per heavy atom. The standard InChI is InChI=1S/C21H25N5O2/c1-3-19(27)25-12-16(13-25)21(28)22-17-11-15(9-8-14(17)2)20-24-23-18-7-5-4-6-10-26(18)20/h3,8-9,11,16H,1,4-7,10,12-13H2,2H3,(H,22,28). The molecule has 7 heteroatoms. The van der Waals surface area contributed by atoms with Crippen molar-refractivity contribution in [3.05, 3.63) is 42.2 Å². The summed E-state index contributed by atoms with van der Waals surface area (Å²) < 4.78 is 2.20. The van der Waals surface area contributed by atoms with Crippen molar-refractivity contribution in [1.82, 2.24) is 19.7 Å². The van der Waals surface area contributed by atoms with Gasteiger partial charge < -0.3 is 14.8 Å². The zero-order valence-electron chi connectivity index (χ0n) is 16.1. The summed E-state index contributed by atoms with van der Waals surface area (Å²) in [5.41, 5.74) is 2.73. The van der Waals surface area contributed by atoms with E-state index in [0.717, 1.165) is 54.3 Å². The summed E-state index contributed by atoms with van der Waals surface area (Å²) >= 11 is 0. The molecule has 1 fully saturated rings. The van der Waals surface area contributed by atoms with Gasteiger partial charge >= 0.3 is 0 Å². The van der Waals surface area contributed by atoms with Crippen LogP contribution in [-0.4, -0.2) is 44.6 Å². The van der Waals surface area contributed by atoms with Crippen LogP contribution in [-0.2, 0) is 22.6 Å². The Morgan fingerprint density at radius 2 is 2.04 bits per heavy atom. The molecule has 1 aromatic carbocycles. The minimum atomic E-state index is -0.184. The van der Waals surface area contributed by atoms with Crippen molar-refractivity contribution in [3.8, 4) is 11.4 Å². The Morgan fingerprint density at radius 3 is 2.82 bits per heavy atom. The second-order valence-electron chi connectivity index (χ2n) is 7.57. The molecule has 0 saturated carbocycles. The second kappa shape index (κ2) is 7.58. The number of benzene rings is 1. The first-order valence-corrected chi connectivity index (χ1v) is 9.82. The fourth-order valence-corrected chi connectivity index (χ4v) is 3.78. The average molecular weight is 379 g/mol. The van der Waals surface area contributed by atoms with Gasteiger partial charge in [-0.25, -0.2) is 0 Å². The zero-order chi connectivity index (χ0) is 19.7. The number of aryl methyl sites for hydroxylation is 2. The van der Waals surface area contributed by atoms with Gasteiger partial charge in [-0.2, -0.15) is 0 Å². The Labute approximate surface area is 164 Å². The third kappa shape index (κ3) is 3.44. The first-order valence-electron chi connectivity index (χ1n) is 9.82. The second-order valence-corrected chi connectivity index (χ2v) is 7.57. The lowest BCUT2D eigenvalue weighted by molar-refractivity contribution is -0.137. The Balaban J connectivity index is 1.51. The number of rotatable bonds is 4. The van der Waals surface area contributed by atoms with E-state index in [-0.39, 0.29) is 17.7 Å². The van der Waals surface area contributed by atoms with E-state index in [1.165, 1.54) is 12.5 Å². The molecular weight excluding hydrogens is 354 g/mol. The van der Waals surface area contributed by atoms with Crippen LogP contribution in [0.4, 0.5) is 5.69 Å². The molecule has 2 aliphatic heterocycles. The molecule has 2 amide bonds. The maximum Gasteiger partial charge on any atom is 0.246 e. The molecule has 1 aromatic heterocycles. The zero-order valence-corrected chi connectivity index (χ0v) is 16.1. The lowest BCUT2D eigenvalue weighted by atomic mass is 9.98. The third-order valence-corrected chi connectivity index (χ3v) is 5.60. The van der Waals surface area contributed by atoms with Gasteiger partial charge in [0, 0.05) is 37.3 Å². The van der Waals surface area contributed by atoms with E-state index >= 15 is 0 Å². The van der Waals surface area contributed by atoms with E-state index in [4.69, 9.17) is 0 Å². The van der Waals surface area contributed by atoms with Crippen molar-refractivity contribution in [2.75, 3.05) is 18.4 Å². The maximum absolute atomic E-state index is 12.6. The summed E-state index contributed by atoms with van der Waals surface area (Å²) in [5.74, 6) is 1.53. The summed E-state index contributed by atoms with van der Waals surface area (Å²) in [6.45, 7) is 7.26. The van der Waals surface area contributed by atoms with E-state index in [1.807, 2.05) is 25.1 Å². The van der Waals surface area contributed by atoms with Gasteiger partial charge in [-0.1, -0.05) is 25.1 Å². The number of nitrogens with one attached hydrogen (secondary N) is 1. The third-order valence-electron chi connectivity index (χ3n) is 5.60. The molecule has 3 heterocycles. The number of likely N-dealkylation sites (tertiary alicyclic amines) is 1. The van der Waals surface area contributed by atoms with E-state index in [9.17, 15) is 9.59 Å². The van der Waals surface area contributed by atoms with Crippen molar-refractivity contribution < 1.29 is 9.59 Å². The summed E-state index contributed by atoms with van der Waals surface area (Å²) in [4.78, 5) is 25.7. The molecule has 7 nitrogen and oxygen atoms in total. The Bertz CT molecular complexity index is 927. The lowest BCUT2D eigenvalue weighted by Gasteiger charge is -2.37. The smallest absolute Gasteiger partial charge is 0.246 e. The highest BCUT2D eigenvalue weighted by Crippen LogP contribution is 2.28. The van der Waals surface area contributed by atoms with E-state index in [0.29, 0.717) is 13.1 Å². The number of aromatic nitrogens is 3. The van der Waals surface area contributed by atoms with Crippen LogP contribution in [0.25, 0.3) is 11.4 Å². The van der Waals surface area contributed by atoms with Crippen molar-refractivity contribution in [1.29, 1.82) is 0 Å². The first kappa shape index (κ1) is 18.4. The molecule has 0 atom stereocenters. The highest BCUT2D eigenvalue weighted by atomic mass is 16.2. The van der Waals surface area contributed by atoms with Crippen LogP contribution in [0, 0.1) is 12.8 Å². The van der Waals surface area contributed by atoms with Crippen LogP contribution in [0.15, 0.2) is 30.9 Å². The van der Waals surface area contributed by atoms with Crippen LogP contribution < -0.4 is 5.32 Å². The maximum atomic E-state index is 12.6. The van der Waals surface area contributed by atoms with Crippen molar-refractivity contribution in [2.24, 2.45) is 5.92 Å². The van der Waals surface area contributed by atoms with Crippen LogP contribution >= 0.6 is 0 Å². The lowest BCUT2D eigenvalue weighted by Crippen LogP contribution is -2.53. The van der Waals surface area contributed by atoms with Crippen LogP contribution in [0.2, 0.25) is 0 Å². The molecule has 4 rings (SSSR count). The molecule has 28 heavy (non-hydrogen) atoms.